The van der Waals surface area contributed by atoms with Crippen LogP contribution >= 0.6 is 15.2 Å². The van der Waals surface area contributed by atoms with Crippen LogP contribution in [0.3, 0.4) is 0 Å². The SMILES string of the molecule is CCOP(=O)(OCC)C(CCCc1cccc(/C=C(\C)CCC=C(C)C)c1)P(=O)(OCC)OCC. The first-order valence-electron chi connectivity index (χ1n) is 12.8. The van der Waals surface area contributed by atoms with Gasteiger partial charge in [0.1, 0.15) is 0 Å². The van der Waals surface area contributed by atoms with E-state index in [1.807, 2.05) is 0 Å². The van der Waals surface area contributed by atoms with E-state index in [1.165, 1.54) is 16.7 Å². The summed E-state index contributed by atoms with van der Waals surface area (Å²) in [6.07, 6.45) is 8.29. The number of rotatable bonds is 18. The molecule has 1 aromatic rings. The first kappa shape index (κ1) is 32.0. The lowest BCUT2D eigenvalue weighted by molar-refractivity contribution is 0.193. The number of aryl methyl sites for hydroxylation is 1. The van der Waals surface area contributed by atoms with Crippen LogP contribution in [0, 0.1) is 0 Å². The van der Waals surface area contributed by atoms with Gasteiger partial charge in [-0.1, -0.05) is 47.6 Å². The standard InChI is InChI=1S/C27H46O6P2/c1-8-30-34(28,31-9-2)27(35(29,32-10-3)33-11-4)20-14-18-25-17-13-19-26(22-25)21-24(7)16-12-15-23(5)6/h13,15,17,19,21-22,27H,8-12,14,16,18,20H2,1-7H3/b24-21+. The highest BCUT2D eigenvalue weighted by Crippen LogP contribution is 2.71. The molecule has 0 amide bonds. The van der Waals surface area contributed by atoms with Crippen molar-refractivity contribution in [2.75, 3.05) is 26.4 Å². The molecule has 0 aliphatic carbocycles. The number of hydrogen-bond donors (Lipinski definition) is 0. The lowest BCUT2D eigenvalue weighted by Gasteiger charge is -2.31. The maximum absolute atomic E-state index is 13.7. The molecule has 0 bridgehead atoms. The van der Waals surface area contributed by atoms with E-state index in [4.69, 9.17) is 18.1 Å². The molecule has 1 rings (SSSR count). The Labute approximate surface area is 213 Å². The van der Waals surface area contributed by atoms with Gasteiger partial charge in [0, 0.05) is 0 Å². The van der Waals surface area contributed by atoms with Gasteiger partial charge in [-0.05, 0) is 91.7 Å². The normalized spacial score (nSPS) is 12.9. The molecule has 0 unspecified atom stereocenters. The quantitative estimate of drug-likeness (QED) is 0.140. The average molecular weight is 529 g/mol. The minimum absolute atomic E-state index is 0.188. The molecule has 0 N–H and O–H groups in total. The maximum atomic E-state index is 13.7. The van der Waals surface area contributed by atoms with Crippen LogP contribution in [0.5, 0.6) is 0 Å². The molecule has 200 valence electrons. The van der Waals surface area contributed by atoms with Crippen LogP contribution in [0.2, 0.25) is 0 Å². The first-order chi connectivity index (χ1) is 16.6. The van der Waals surface area contributed by atoms with E-state index in [0.717, 1.165) is 24.8 Å². The smallest absolute Gasteiger partial charge is 0.308 e. The second kappa shape index (κ2) is 16.7. The number of hydrogen-bond acceptors (Lipinski definition) is 6. The molecule has 0 fully saturated rings. The number of allylic oxidation sites excluding steroid dienone is 3. The maximum Gasteiger partial charge on any atom is 0.345 e. The predicted octanol–water partition coefficient (Wildman–Crippen LogP) is 9.02. The van der Waals surface area contributed by atoms with Gasteiger partial charge in [0.25, 0.3) is 0 Å². The summed E-state index contributed by atoms with van der Waals surface area (Å²) in [5.74, 6) is 0. The van der Waals surface area contributed by atoms with Crippen molar-refractivity contribution >= 4 is 21.3 Å². The Morgan fingerprint density at radius 3 is 1.91 bits per heavy atom. The fraction of sp³-hybridized carbons (Fsp3) is 0.630. The summed E-state index contributed by atoms with van der Waals surface area (Å²) < 4.78 is 49.6. The molecular weight excluding hydrogens is 482 g/mol. The molecule has 0 saturated carbocycles. The topological polar surface area (TPSA) is 71.1 Å². The van der Waals surface area contributed by atoms with Gasteiger partial charge in [-0.15, -0.1) is 0 Å². The second-order valence-electron chi connectivity index (χ2n) is 8.68. The summed E-state index contributed by atoms with van der Waals surface area (Å²) in [6, 6.07) is 8.42. The summed E-state index contributed by atoms with van der Waals surface area (Å²) in [6.45, 7) is 14.1. The van der Waals surface area contributed by atoms with E-state index < -0.39 is 20.6 Å². The molecule has 0 radical (unpaired) electrons. The van der Waals surface area contributed by atoms with Crippen molar-refractivity contribution in [1.82, 2.24) is 0 Å². The average Bonchev–Trinajstić information content (AvgIpc) is 2.77. The van der Waals surface area contributed by atoms with Crippen molar-refractivity contribution in [2.24, 2.45) is 0 Å². The molecule has 0 atom stereocenters. The largest absolute Gasteiger partial charge is 0.345 e. The molecule has 0 saturated heterocycles. The minimum Gasteiger partial charge on any atom is -0.308 e. The van der Waals surface area contributed by atoms with E-state index >= 15 is 0 Å². The Morgan fingerprint density at radius 2 is 1.43 bits per heavy atom. The molecule has 0 heterocycles. The van der Waals surface area contributed by atoms with Gasteiger partial charge in [0.05, 0.1) is 26.4 Å². The molecule has 0 spiro atoms. The molecule has 8 heteroatoms. The molecule has 1 aromatic carbocycles. The van der Waals surface area contributed by atoms with Crippen molar-refractivity contribution in [3.8, 4) is 0 Å². The summed E-state index contributed by atoms with van der Waals surface area (Å²) in [4.78, 5) is 0. The Balaban J connectivity index is 3.03. The predicted molar refractivity (Wildman–Crippen MR) is 147 cm³/mol. The summed E-state index contributed by atoms with van der Waals surface area (Å²) in [5.41, 5.74) is 5.01. The highest BCUT2D eigenvalue weighted by molar-refractivity contribution is 7.72. The van der Waals surface area contributed by atoms with Crippen LogP contribution in [-0.2, 0) is 33.6 Å². The number of benzene rings is 1. The van der Waals surface area contributed by atoms with E-state index in [9.17, 15) is 9.13 Å². The third-order valence-electron chi connectivity index (χ3n) is 5.35. The molecule has 0 aliphatic heterocycles. The zero-order chi connectivity index (χ0) is 26.3. The third kappa shape index (κ3) is 11.3. The molecular formula is C27H46O6P2. The van der Waals surface area contributed by atoms with Crippen LogP contribution in [0.15, 0.2) is 41.5 Å². The van der Waals surface area contributed by atoms with Gasteiger partial charge < -0.3 is 18.1 Å². The summed E-state index contributed by atoms with van der Waals surface area (Å²) in [7, 11) is -7.41. The van der Waals surface area contributed by atoms with Gasteiger partial charge in [-0.3, -0.25) is 9.13 Å². The molecule has 35 heavy (non-hydrogen) atoms. The van der Waals surface area contributed by atoms with Crippen molar-refractivity contribution < 1.29 is 27.2 Å². The highest BCUT2D eigenvalue weighted by Gasteiger charge is 2.50. The molecule has 0 aromatic heterocycles. The van der Waals surface area contributed by atoms with E-state index in [-0.39, 0.29) is 26.4 Å². The van der Waals surface area contributed by atoms with Crippen LogP contribution in [0.25, 0.3) is 6.08 Å². The van der Waals surface area contributed by atoms with Crippen LogP contribution in [-0.4, -0.2) is 31.8 Å². The Morgan fingerprint density at radius 1 is 0.886 bits per heavy atom. The lowest BCUT2D eigenvalue weighted by Crippen LogP contribution is -2.18. The van der Waals surface area contributed by atoms with Gasteiger partial charge in [0.2, 0.25) is 0 Å². The first-order valence-corrected chi connectivity index (χ1v) is 16.0. The fourth-order valence-electron chi connectivity index (χ4n) is 3.90. The highest BCUT2D eigenvalue weighted by atomic mass is 31.2. The van der Waals surface area contributed by atoms with Gasteiger partial charge >= 0.3 is 15.2 Å². The van der Waals surface area contributed by atoms with Crippen LogP contribution in [0.1, 0.15) is 85.3 Å². The van der Waals surface area contributed by atoms with Crippen molar-refractivity contribution in [3.63, 3.8) is 0 Å². The van der Waals surface area contributed by atoms with Crippen LogP contribution in [0.4, 0.5) is 0 Å². The lowest BCUT2D eigenvalue weighted by atomic mass is 10.0. The van der Waals surface area contributed by atoms with Gasteiger partial charge in [-0.2, -0.15) is 0 Å². The van der Waals surface area contributed by atoms with Crippen molar-refractivity contribution in [2.45, 2.75) is 86.0 Å². The summed E-state index contributed by atoms with van der Waals surface area (Å²) >= 11 is 0. The zero-order valence-electron chi connectivity index (χ0n) is 22.7. The molecule has 0 aliphatic rings. The Kier molecular flexibility index (Phi) is 15.3. The van der Waals surface area contributed by atoms with E-state index in [1.54, 1.807) is 27.7 Å². The zero-order valence-corrected chi connectivity index (χ0v) is 24.5. The third-order valence-corrected chi connectivity index (χ3v) is 11.5. The van der Waals surface area contributed by atoms with Crippen molar-refractivity contribution in [1.29, 1.82) is 0 Å². The van der Waals surface area contributed by atoms with E-state index in [2.05, 4.69) is 57.2 Å². The Hall–Kier alpha value is -1.00. The van der Waals surface area contributed by atoms with Gasteiger partial charge in [-0.25, -0.2) is 0 Å². The monoisotopic (exact) mass is 528 g/mol. The van der Waals surface area contributed by atoms with Crippen molar-refractivity contribution in [3.05, 3.63) is 52.6 Å². The Bertz CT molecular complexity index is 855. The minimum atomic E-state index is -3.71. The van der Waals surface area contributed by atoms with Crippen LogP contribution < -0.4 is 0 Å². The fourth-order valence-corrected chi connectivity index (χ4v) is 9.36. The summed E-state index contributed by atoms with van der Waals surface area (Å²) in [5, 5.41) is -0.963. The van der Waals surface area contributed by atoms with E-state index in [0.29, 0.717) is 12.8 Å². The second-order valence-corrected chi connectivity index (χ2v) is 13.5. The van der Waals surface area contributed by atoms with Gasteiger partial charge in [0.15, 0.2) is 5.40 Å². The molecule has 6 nitrogen and oxygen atoms in total.